The van der Waals surface area contributed by atoms with Crippen LogP contribution >= 0.6 is 11.6 Å². The fourth-order valence-electron chi connectivity index (χ4n) is 5.04. The summed E-state index contributed by atoms with van der Waals surface area (Å²) in [5.74, 6) is 0.678. The van der Waals surface area contributed by atoms with Gasteiger partial charge in [-0.2, -0.15) is 28.1 Å². The molecule has 202 valence electrons. The normalized spacial score (nSPS) is 17.1. The first kappa shape index (κ1) is 26.4. The van der Waals surface area contributed by atoms with Crippen LogP contribution in [0.4, 0.5) is 35.3 Å². The van der Waals surface area contributed by atoms with Gasteiger partial charge in [-0.1, -0.05) is 30.9 Å². The van der Waals surface area contributed by atoms with Gasteiger partial charge in [-0.05, 0) is 43.2 Å². The van der Waals surface area contributed by atoms with Gasteiger partial charge in [0, 0.05) is 51.0 Å². The largest absolute Gasteiger partial charge is 0.419 e. The molecule has 1 aliphatic heterocycles. The van der Waals surface area contributed by atoms with Crippen LogP contribution in [0.1, 0.15) is 37.7 Å². The van der Waals surface area contributed by atoms with Crippen LogP contribution in [-0.2, 0) is 6.18 Å². The summed E-state index contributed by atoms with van der Waals surface area (Å²) in [6.45, 7) is 1.43. The number of hydrogen-bond donors (Lipinski definition) is 0. The van der Waals surface area contributed by atoms with Crippen molar-refractivity contribution in [1.29, 1.82) is 0 Å². The maximum atomic E-state index is 13.8. The van der Waals surface area contributed by atoms with E-state index in [4.69, 9.17) is 21.6 Å². The van der Waals surface area contributed by atoms with E-state index in [-0.39, 0.29) is 10.8 Å². The summed E-state index contributed by atoms with van der Waals surface area (Å²) in [4.78, 5) is 23.8. The van der Waals surface area contributed by atoms with Crippen LogP contribution in [0.2, 0.25) is 5.02 Å². The Kier molecular flexibility index (Phi) is 7.56. The summed E-state index contributed by atoms with van der Waals surface area (Å²) >= 11 is 6.04. The summed E-state index contributed by atoms with van der Waals surface area (Å²) in [5, 5.41) is -0.0314. The summed E-state index contributed by atoms with van der Waals surface area (Å²) in [6, 6.07) is 6.97. The summed E-state index contributed by atoms with van der Waals surface area (Å²) < 4.78 is 54.4. The molecule has 0 N–H and O–H groups in total. The van der Waals surface area contributed by atoms with Crippen molar-refractivity contribution in [3.8, 4) is 11.4 Å². The lowest BCUT2D eigenvalue weighted by molar-refractivity contribution is -0.137. The molecule has 1 aliphatic carbocycles. The van der Waals surface area contributed by atoms with E-state index in [1.807, 2.05) is 11.9 Å². The van der Waals surface area contributed by atoms with Crippen LogP contribution in [0.5, 0.6) is 0 Å². The Morgan fingerprint density at radius 2 is 1.66 bits per heavy atom. The Bertz CT molecular complexity index is 1270. The predicted octanol–water partition coefficient (Wildman–Crippen LogP) is 5.84. The Morgan fingerprint density at radius 3 is 2.34 bits per heavy atom. The van der Waals surface area contributed by atoms with Crippen molar-refractivity contribution in [2.24, 2.45) is 0 Å². The van der Waals surface area contributed by atoms with Crippen LogP contribution in [0, 0.1) is 5.82 Å². The highest BCUT2D eigenvalue weighted by Gasteiger charge is 2.36. The van der Waals surface area contributed by atoms with Crippen molar-refractivity contribution >= 4 is 29.3 Å². The second-order valence-electron chi connectivity index (χ2n) is 9.64. The SMILES string of the molecule is CN(c1nc(-c2ccc(F)c(Cl)c2)nc(N2CCN(c3ncccc3C(F)(F)F)CC2)n1)C1CCCCC1. The zero-order chi connectivity index (χ0) is 26.9. The van der Waals surface area contributed by atoms with E-state index in [0.29, 0.717) is 55.5 Å². The minimum absolute atomic E-state index is 0.0314. The van der Waals surface area contributed by atoms with Crippen molar-refractivity contribution in [3.05, 3.63) is 52.9 Å². The fraction of sp³-hybridized carbons (Fsp3) is 0.462. The monoisotopic (exact) mass is 549 g/mol. The molecule has 3 aromatic rings. The van der Waals surface area contributed by atoms with Gasteiger partial charge in [0.15, 0.2) is 5.82 Å². The molecule has 1 aromatic carbocycles. The topological polar surface area (TPSA) is 61.3 Å². The molecule has 38 heavy (non-hydrogen) atoms. The van der Waals surface area contributed by atoms with Gasteiger partial charge in [-0.3, -0.25) is 0 Å². The van der Waals surface area contributed by atoms with Crippen molar-refractivity contribution in [3.63, 3.8) is 0 Å². The van der Waals surface area contributed by atoms with Gasteiger partial charge in [0.1, 0.15) is 11.6 Å². The first-order valence-corrected chi connectivity index (χ1v) is 13.0. The third kappa shape index (κ3) is 5.62. The molecule has 5 rings (SSSR count). The quantitative estimate of drug-likeness (QED) is 0.370. The van der Waals surface area contributed by atoms with Gasteiger partial charge in [0.25, 0.3) is 0 Å². The molecule has 12 heteroatoms. The van der Waals surface area contributed by atoms with Gasteiger partial charge in [0.05, 0.1) is 10.6 Å². The van der Waals surface area contributed by atoms with E-state index < -0.39 is 17.6 Å². The predicted molar refractivity (Wildman–Crippen MR) is 139 cm³/mol. The molecule has 0 atom stereocenters. The highest BCUT2D eigenvalue weighted by molar-refractivity contribution is 6.31. The number of hydrogen-bond acceptors (Lipinski definition) is 7. The summed E-state index contributed by atoms with van der Waals surface area (Å²) in [5.41, 5.74) is -0.194. The molecule has 0 amide bonds. The number of aromatic nitrogens is 4. The van der Waals surface area contributed by atoms with Crippen LogP contribution in [0.25, 0.3) is 11.4 Å². The van der Waals surface area contributed by atoms with E-state index in [2.05, 4.69) is 14.9 Å². The standard InChI is InChI=1S/C26H28ClF4N7/c1-36(18-6-3-2-4-7-18)24-33-22(17-9-10-21(28)20(27)16-17)34-25(35-24)38-14-12-37(13-15-38)23-19(26(29,30)31)8-5-11-32-23/h5,8-11,16,18H,2-4,6-7,12-15H2,1H3. The van der Waals surface area contributed by atoms with Gasteiger partial charge in [-0.15, -0.1) is 0 Å². The number of nitrogens with zero attached hydrogens (tertiary/aromatic N) is 7. The lowest BCUT2D eigenvalue weighted by atomic mass is 9.95. The average Bonchev–Trinajstić information content (AvgIpc) is 2.94. The van der Waals surface area contributed by atoms with E-state index in [1.165, 1.54) is 30.8 Å². The van der Waals surface area contributed by atoms with Gasteiger partial charge < -0.3 is 14.7 Å². The Labute approximate surface area is 223 Å². The smallest absolute Gasteiger partial charge is 0.353 e. The second-order valence-corrected chi connectivity index (χ2v) is 10.0. The van der Waals surface area contributed by atoms with Crippen LogP contribution in [-0.4, -0.2) is 59.2 Å². The molecule has 0 bridgehead atoms. The zero-order valence-corrected chi connectivity index (χ0v) is 21.7. The third-order valence-electron chi connectivity index (χ3n) is 7.18. The van der Waals surface area contributed by atoms with Crippen molar-refractivity contribution in [2.75, 3.05) is 47.9 Å². The minimum atomic E-state index is -4.49. The maximum absolute atomic E-state index is 13.8. The molecule has 1 saturated carbocycles. The van der Waals surface area contributed by atoms with Crippen LogP contribution in [0.3, 0.4) is 0 Å². The highest BCUT2D eigenvalue weighted by atomic mass is 35.5. The van der Waals surface area contributed by atoms with Crippen molar-refractivity contribution in [2.45, 2.75) is 44.3 Å². The summed E-state index contributed by atoms with van der Waals surface area (Å²) in [7, 11) is 1.97. The molecule has 0 radical (unpaired) electrons. The Balaban J connectivity index is 1.43. The first-order valence-electron chi connectivity index (χ1n) is 12.7. The number of pyridine rings is 1. The van der Waals surface area contributed by atoms with Crippen LogP contribution < -0.4 is 14.7 Å². The Hall–Kier alpha value is -3.21. The fourth-order valence-corrected chi connectivity index (χ4v) is 5.22. The summed E-state index contributed by atoms with van der Waals surface area (Å²) in [6.07, 6.45) is 2.46. The second kappa shape index (κ2) is 10.9. The zero-order valence-electron chi connectivity index (χ0n) is 20.9. The van der Waals surface area contributed by atoms with E-state index in [1.54, 1.807) is 11.0 Å². The minimum Gasteiger partial charge on any atom is -0.353 e. The molecule has 2 aliphatic rings. The van der Waals surface area contributed by atoms with E-state index >= 15 is 0 Å². The van der Waals surface area contributed by atoms with E-state index in [9.17, 15) is 17.6 Å². The average molecular weight is 550 g/mol. The number of halogens is 5. The van der Waals surface area contributed by atoms with Crippen molar-refractivity contribution < 1.29 is 17.6 Å². The van der Waals surface area contributed by atoms with Gasteiger partial charge in [-0.25, -0.2) is 9.37 Å². The van der Waals surface area contributed by atoms with Gasteiger partial charge in [0.2, 0.25) is 11.9 Å². The first-order chi connectivity index (χ1) is 18.2. The van der Waals surface area contributed by atoms with E-state index in [0.717, 1.165) is 31.7 Å². The number of benzene rings is 1. The maximum Gasteiger partial charge on any atom is 0.419 e. The number of anilines is 3. The third-order valence-corrected chi connectivity index (χ3v) is 7.47. The lowest BCUT2D eigenvalue weighted by Crippen LogP contribution is -2.48. The molecule has 7 nitrogen and oxygen atoms in total. The molecule has 3 heterocycles. The molecular formula is C26H28ClF4N7. The molecule has 2 fully saturated rings. The number of alkyl halides is 3. The highest BCUT2D eigenvalue weighted by Crippen LogP contribution is 2.36. The molecule has 2 aromatic heterocycles. The number of rotatable bonds is 5. The lowest BCUT2D eigenvalue weighted by Gasteiger charge is -2.37. The molecule has 0 spiro atoms. The van der Waals surface area contributed by atoms with Crippen LogP contribution in [0.15, 0.2) is 36.5 Å². The van der Waals surface area contributed by atoms with Crippen molar-refractivity contribution in [1.82, 2.24) is 19.9 Å². The molecular weight excluding hydrogens is 522 g/mol. The van der Waals surface area contributed by atoms with Gasteiger partial charge >= 0.3 is 6.18 Å². The number of piperazine rings is 1. The molecule has 1 saturated heterocycles. The molecule has 0 unspecified atom stereocenters. The Morgan fingerprint density at radius 1 is 0.947 bits per heavy atom.